The highest BCUT2D eigenvalue weighted by atomic mass is 32.2. The summed E-state index contributed by atoms with van der Waals surface area (Å²) in [6.07, 6.45) is 4.34. The van der Waals surface area contributed by atoms with E-state index in [1.165, 1.54) is 24.3 Å². The summed E-state index contributed by atoms with van der Waals surface area (Å²) in [5.41, 5.74) is 4.31. The zero-order chi connectivity index (χ0) is 40.8. The minimum atomic E-state index is -4.31. The third kappa shape index (κ3) is 8.28. The molecule has 1 aliphatic heterocycles. The van der Waals surface area contributed by atoms with Crippen molar-refractivity contribution < 1.29 is 32.3 Å². The molecule has 0 saturated heterocycles. The van der Waals surface area contributed by atoms with Crippen LogP contribution in [0.4, 0.5) is 0 Å². The smallest absolute Gasteiger partial charge is 0.359 e. The van der Waals surface area contributed by atoms with Crippen molar-refractivity contribution in [3.8, 4) is 22.6 Å². The summed E-state index contributed by atoms with van der Waals surface area (Å²) >= 11 is 0. The first kappa shape index (κ1) is 39.7. The third-order valence-corrected chi connectivity index (χ3v) is 11.5. The van der Waals surface area contributed by atoms with E-state index >= 15 is 0 Å². The Hall–Kier alpha value is -6.53. The number of hydrogen-bond donors (Lipinski definition) is 1. The number of benzene rings is 5. The van der Waals surface area contributed by atoms with Crippen LogP contribution < -0.4 is 9.46 Å². The number of carbonyl (C=O) groups is 3. The maximum absolute atomic E-state index is 14.9. The van der Waals surface area contributed by atoms with Gasteiger partial charge in [0.2, 0.25) is 0 Å². The van der Waals surface area contributed by atoms with Crippen LogP contribution in [0.3, 0.4) is 0 Å². The zero-order valence-corrected chi connectivity index (χ0v) is 33.3. The fraction of sp³-hybridized carbons (Fsp3) is 0.217. The van der Waals surface area contributed by atoms with Crippen molar-refractivity contribution in [1.82, 2.24) is 19.4 Å². The number of aromatic nitrogens is 2. The summed E-state index contributed by atoms with van der Waals surface area (Å²) in [5.74, 6) is -1.34. The topological polar surface area (TPSA) is 137 Å². The number of carbonyl (C=O) groups excluding carboxylic acids is 3. The first-order chi connectivity index (χ1) is 28.1. The Balaban J connectivity index is 1.36. The number of nitrogens with one attached hydrogen (secondary N) is 1. The molecular formula is C46H44N4O7S. The van der Waals surface area contributed by atoms with Crippen LogP contribution in [-0.4, -0.2) is 60.6 Å². The monoisotopic (exact) mass is 796 g/mol. The van der Waals surface area contributed by atoms with Crippen molar-refractivity contribution in [2.75, 3.05) is 19.8 Å². The average Bonchev–Trinajstić information content (AvgIpc) is 3.63. The van der Waals surface area contributed by atoms with Gasteiger partial charge in [0.05, 0.1) is 22.9 Å². The molecule has 2 amide bonds. The van der Waals surface area contributed by atoms with Gasteiger partial charge >= 0.3 is 5.97 Å². The molecule has 58 heavy (non-hydrogen) atoms. The first-order valence-electron chi connectivity index (χ1n) is 19.3. The van der Waals surface area contributed by atoms with Crippen LogP contribution in [0.15, 0.2) is 127 Å². The molecule has 7 rings (SSSR count). The number of rotatable bonds is 14. The molecule has 0 bridgehead atoms. The van der Waals surface area contributed by atoms with Crippen molar-refractivity contribution in [3.05, 3.63) is 155 Å². The van der Waals surface area contributed by atoms with Crippen LogP contribution in [-0.2, 0) is 34.1 Å². The Morgan fingerprint density at radius 3 is 2.36 bits per heavy atom. The van der Waals surface area contributed by atoms with Gasteiger partial charge in [0.25, 0.3) is 21.8 Å². The lowest BCUT2D eigenvalue weighted by atomic mass is 9.92. The van der Waals surface area contributed by atoms with Gasteiger partial charge in [-0.2, -0.15) is 5.10 Å². The number of ether oxygens (including phenoxy) is 2. The average molecular weight is 797 g/mol. The molecule has 0 saturated carbocycles. The molecule has 1 aliphatic rings. The van der Waals surface area contributed by atoms with E-state index in [0.29, 0.717) is 66.2 Å². The molecule has 12 heteroatoms. The molecule has 0 aliphatic carbocycles. The van der Waals surface area contributed by atoms with Crippen molar-refractivity contribution in [3.63, 3.8) is 0 Å². The summed E-state index contributed by atoms with van der Waals surface area (Å²) in [6, 6.07) is 31.6. The van der Waals surface area contributed by atoms with Crippen LogP contribution in [0.1, 0.15) is 74.7 Å². The van der Waals surface area contributed by atoms with E-state index in [0.717, 1.165) is 29.4 Å². The number of nitrogens with zero attached hydrogens (tertiary/aromatic N) is 3. The van der Waals surface area contributed by atoms with Gasteiger partial charge in [-0.25, -0.2) is 22.6 Å². The van der Waals surface area contributed by atoms with Crippen LogP contribution in [0.5, 0.6) is 5.75 Å². The van der Waals surface area contributed by atoms with Gasteiger partial charge < -0.3 is 14.4 Å². The number of fused-ring (bicyclic) bond motifs is 2. The van der Waals surface area contributed by atoms with E-state index < -0.39 is 21.9 Å². The number of sulfonamides is 1. The number of unbranched alkanes of at least 4 members (excludes halogenated alkanes) is 1. The van der Waals surface area contributed by atoms with Crippen molar-refractivity contribution in [2.45, 2.75) is 51.0 Å². The Morgan fingerprint density at radius 1 is 0.879 bits per heavy atom. The minimum Gasteiger partial charge on any atom is -0.490 e. The van der Waals surface area contributed by atoms with Crippen LogP contribution >= 0.6 is 0 Å². The molecule has 5 aromatic carbocycles. The van der Waals surface area contributed by atoms with Gasteiger partial charge in [-0.15, -0.1) is 0 Å². The van der Waals surface area contributed by atoms with Gasteiger partial charge in [-0.05, 0) is 102 Å². The van der Waals surface area contributed by atoms with E-state index in [2.05, 4.69) is 18.2 Å². The first-order valence-corrected chi connectivity index (χ1v) is 20.8. The fourth-order valence-electron chi connectivity index (χ4n) is 7.20. The lowest BCUT2D eigenvalue weighted by molar-refractivity contribution is 0.0519. The second-order valence-electron chi connectivity index (χ2n) is 13.9. The van der Waals surface area contributed by atoms with Crippen molar-refractivity contribution in [1.29, 1.82) is 0 Å². The Morgan fingerprint density at radius 2 is 1.62 bits per heavy atom. The van der Waals surface area contributed by atoms with Gasteiger partial charge in [0.1, 0.15) is 12.4 Å². The highest BCUT2D eigenvalue weighted by molar-refractivity contribution is 7.90. The number of amides is 2. The van der Waals surface area contributed by atoms with E-state index in [4.69, 9.17) is 14.6 Å². The molecule has 0 radical (unpaired) electrons. The highest BCUT2D eigenvalue weighted by Gasteiger charge is 2.32. The van der Waals surface area contributed by atoms with E-state index in [1.54, 1.807) is 59.0 Å². The summed E-state index contributed by atoms with van der Waals surface area (Å²) in [5, 5.41) is 6.38. The van der Waals surface area contributed by atoms with Gasteiger partial charge in [-0.1, -0.05) is 86.7 Å². The van der Waals surface area contributed by atoms with Gasteiger partial charge in [-0.3, -0.25) is 9.59 Å². The van der Waals surface area contributed by atoms with E-state index in [1.807, 2.05) is 48.5 Å². The Bertz CT molecular complexity index is 2630. The molecule has 11 nitrogen and oxygen atoms in total. The normalized spacial score (nSPS) is 12.5. The number of esters is 1. The van der Waals surface area contributed by atoms with Crippen molar-refractivity contribution >= 4 is 38.6 Å². The summed E-state index contributed by atoms with van der Waals surface area (Å²) in [7, 11) is -4.31. The predicted octanol–water partition coefficient (Wildman–Crippen LogP) is 8.09. The Labute approximate surface area is 338 Å². The maximum Gasteiger partial charge on any atom is 0.359 e. The van der Waals surface area contributed by atoms with E-state index in [9.17, 15) is 22.8 Å². The van der Waals surface area contributed by atoms with Gasteiger partial charge in [0, 0.05) is 29.8 Å². The molecule has 0 fully saturated rings. The van der Waals surface area contributed by atoms with Crippen molar-refractivity contribution in [2.24, 2.45) is 0 Å². The molecule has 2 heterocycles. The summed E-state index contributed by atoms with van der Waals surface area (Å²) < 4.78 is 42.3. The maximum atomic E-state index is 14.9. The second-order valence-corrected chi connectivity index (χ2v) is 15.6. The largest absolute Gasteiger partial charge is 0.490 e. The lowest BCUT2D eigenvalue weighted by Crippen LogP contribution is -2.36. The van der Waals surface area contributed by atoms with Gasteiger partial charge in [0.15, 0.2) is 5.69 Å². The minimum absolute atomic E-state index is 0.00839. The van der Waals surface area contributed by atoms with Crippen LogP contribution in [0.2, 0.25) is 0 Å². The third-order valence-electron chi connectivity index (χ3n) is 10.1. The summed E-state index contributed by atoms with van der Waals surface area (Å²) in [6.45, 7) is 8.64. The Kier molecular flexibility index (Phi) is 11.8. The second kappa shape index (κ2) is 17.3. The lowest BCUT2D eigenvalue weighted by Gasteiger charge is -2.29. The molecule has 1 N–H and O–H groups in total. The molecule has 0 unspecified atom stereocenters. The van der Waals surface area contributed by atoms with Crippen LogP contribution in [0.25, 0.3) is 27.6 Å². The van der Waals surface area contributed by atoms with Crippen LogP contribution in [0, 0.1) is 0 Å². The molecule has 0 spiro atoms. The highest BCUT2D eigenvalue weighted by Crippen LogP contribution is 2.36. The predicted molar refractivity (Wildman–Crippen MR) is 223 cm³/mol. The summed E-state index contributed by atoms with van der Waals surface area (Å²) in [4.78, 5) is 44.2. The molecule has 296 valence electrons. The zero-order valence-electron chi connectivity index (χ0n) is 32.4. The molecule has 6 aromatic rings. The standard InChI is InChI=1S/C46H44N4O7S/c1-4-7-16-41-42(43(46(53)56-6-3)47-50(41)36-19-21-37(22-20-36)57-27-5-2)39-24-18-34(29-40(39)45(52)49-26-25-32-13-9-11-15-35(32)30-49)44(51)48-58(54,55)38-23-17-31-12-8-10-14-33(31)28-38/h5,8-15,17-24,28-29H,2,4,6-7,16,25-27,30H2,1,3H3,(H,48,51). The molecule has 1 aromatic heterocycles. The molecular weight excluding hydrogens is 753 g/mol. The molecule has 0 atom stereocenters. The van der Waals surface area contributed by atoms with E-state index in [-0.39, 0.29) is 34.2 Å². The number of hydrogen-bond acceptors (Lipinski definition) is 8. The fourth-order valence-corrected chi connectivity index (χ4v) is 8.21. The SMILES string of the molecule is C=CCOc1ccc(-n2nc(C(=O)OCC)c(-c3ccc(C(=O)NS(=O)(=O)c4ccc5ccccc5c4)cc3C(=O)N3CCc4ccccc4C3)c2CCCC)cc1. The quantitative estimate of drug-likeness (QED) is 0.0863.